The minimum absolute atomic E-state index is 1.17. The molecule has 1 aliphatic heterocycles. The maximum absolute atomic E-state index is 3.40. The van der Waals surface area contributed by atoms with Gasteiger partial charge in [0.05, 0.1) is 0 Å². The molecule has 0 radical (unpaired) electrons. The zero-order valence-corrected chi connectivity index (χ0v) is 6.33. The third kappa shape index (κ3) is 1.47. The molecule has 0 amide bonds. The predicted octanol–water partition coefficient (Wildman–Crippen LogP) is 2.05. The van der Waals surface area contributed by atoms with E-state index in [9.17, 15) is 0 Å². The Bertz CT molecular complexity index is 125. The van der Waals surface area contributed by atoms with Gasteiger partial charge in [-0.05, 0) is 26.2 Å². The summed E-state index contributed by atoms with van der Waals surface area (Å²) in [6.07, 6.45) is 3.79. The number of nitrogens with one attached hydrogen (secondary N) is 1. The number of hydrogen-bond acceptors (Lipinski definition) is 1. The summed E-state index contributed by atoms with van der Waals surface area (Å²) in [4.78, 5) is 0. The van der Waals surface area contributed by atoms with E-state index in [2.05, 4.69) is 19.2 Å². The fourth-order valence-corrected chi connectivity index (χ4v) is 1.32. The lowest BCUT2D eigenvalue weighted by Crippen LogP contribution is -2.20. The highest BCUT2D eigenvalue weighted by atomic mass is 14.9. The zero-order chi connectivity index (χ0) is 6.69. The molecule has 0 atom stereocenters. The Labute approximate surface area is 57.1 Å². The van der Waals surface area contributed by atoms with E-state index in [4.69, 9.17) is 0 Å². The highest BCUT2D eigenvalue weighted by Crippen LogP contribution is 2.14. The largest absolute Gasteiger partial charge is 0.388 e. The summed E-state index contributed by atoms with van der Waals surface area (Å²) in [5.74, 6) is 0. The van der Waals surface area contributed by atoms with Crippen molar-refractivity contribution in [3.63, 3.8) is 0 Å². The Morgan fingerprint density at radius 2 is 2.33 bits per heavy atom. The van der Waals surface area contributed by atoms with Crippen LogP contribution in [-0.4, -0.2) is 6.54 Å². The smallest absolute Gasteiger partial charge is 0.0147 e. The van der Waals surface area contributed by atoms with Crippen molar-refractivity contribution < 1.29 is 0 Å². The van der Waals surface area contributed by atoms with Gasteiger partial charge in [0, 0.05) is 12.2 Å². The Kier molecular flexibility index (Phi) is 2.15. The molecule has 0 saturated carbocycles. The van der Waals surface area contributed by atoms with E-state index in [-0.39, 0.29) is 0 Å². The lowest BCUT2D eigenvalue weighted by molar-refractivity contribution is 0.641. The Balaban J connectivity index is 2.59. The summed E-state index contributed by atoms with van der Waals surface area (Å²) >= 11 is 0. The molecule has 0 bridgehead atoms. The predicted molar refractivity (Wildman–Crippen MR) is 40.2 cm³/mol. The molecule has 1 rings (SSSR count). The van der Waals surface area contributed by atoms with Crippen molar-refractivity contribution in [2.24, 2.45) is 0 Å². The average Bonchev–Trinajstić information content (AvgIpc) is 1.89. The Morgan fingerprint density at radius 1 is 1.56 bits per heavy atom. The van der Waals surface area contributed by atoms with Crippen molar-refractivity contribution in [3.8, 4) is 0 Å². The van der Waals surface area contributed by atoms with Crippen LogP contribution in [0.25, 0.3) is 0 Å². The van der Waals surface area contributed by atoms with Gasteiger partial charge in [0.25, 0.3) is 0 Å². The highest BCUT2D eigenvalue weighted by molar-refractivity contribution is 5.12. The third-order valence-electron chi connectivity index (χ3n) is 1.94. The van der Waals surface area contributed by atoms with Crippen LogP contribution in [0.4, 0.5) is 0 Å². The van der Waals surface area contributed by atoms with Gasteiger partial charge in [-0.1, -0.05) is 12.5 Å². The maximum atomic E-state index is 3.40. The molecule has 1 N–H and O–H groups in total. The summed E-state index contributed by atoms with van der Waals surface area (Å²) in [7, 11) is 0. The molecule has 0 saturated heterocycles. The number of allylic oxidation sites excluding steroid dienone is 2. The molecule has 0 aromatic carbocycles. The summed E-state index contributed by atoms with van der Waals surface area (Å²) in [6, 6.07) is 0. The molecular formula is C8H15N. The van der Waals surface area contributed by atoms with Crippen molar-refractivity contribution in [1.82, 2.24) is 5.32 Å². The second-order valence-electron chi connectivity index (χ2n) is 2.64. The summed E-state index contributed by atoms with van der Waals surface area (Å²) in [6.45, 7) is 5.61. The lowest BCUT2D eigenvalue weighted by Gasteiger charge is -2.18. The first kappa shape index (κ1) is 6.66. The molecule has 0 unspecified atom stereocenters. The first-order chi connectivity index (χ1) is 4.34. The van der Waals surface area contributed by atoms with E-state index in [0.29, 0.717) is 0 Å². The summed E-state index contributed by atoms with van der Waals surface area (Å²) in [5, 5.41) is 3.40. The molecule has 1 heterocycles. The zero-order valence-electron chi connectivity index (χ0n) is 6.33. The summed E-state index contributed by atoms with van der Waals surface area (Å²) in [5.41, 5.74) is 3.03. The molecule has 1 heteroatoms. The number of hydrogen-bond donors (Lipinski definition) is 1. The van der Waals surface area contributed by atoms with E-state index < -0.39 is 0 Å². The monoisotopic (exact) mass is 125 g/mol. The van der Waals surface area contributed by atoms with Gasteiger partial charge in [0.1, 0.15) is 0 Å². The van der Waals surface area contributed by atoms with Crippen LogP contribution in [0.2, 0.25) is 0 Å². The van der Waals surface area contributed by atoms with Gasteiger partial charge in [0.15, 0.2) is 0 Å². The molecule has 0 aliphatic carbocycles. The van der Waals surface area contributed by atoms with E-state index in [1.165, 1.54) is 31.5 Å². The SMILES string of the molecule is CCC1=C(C)CCCN1. The van der Waals surface area contributed by atoms with Crippen molar-refractivity contribution in [2.45, 2.75) is 33.1 Å². The van der Waals surface area contributed by atoms with Crippen molar-refractivity contribution in [3.05, 3.63) is 11.3 Å². The average molecular weight is 125 g/mol. The Morgan fingerprint density at radius 3 is 2.78 bits per heavy atom. The quantitative estimate of drug-likeness (QED) is 0.565. The maximum Gasteiger partial charge on any atom is 0.0147 e. The molecular weight excluding hydrogens is 110 g/mol. The van der Waals surface area contributed by atoms with Crippen LogP contribution >= 0.6 is 0 Å². The molecule has 1 aliphatic rings. The van der Waals surface area contributed by atoms with E-state index in [0.717, 1.165) is 0 Å². The first-order valence-electron chi connectivity index (χ1n) is 3.77. The molecule has 1 nitrogen and oxygen atoms in total. The van der Waals surface area contributed by atoms with Gasteiger partial charge in [-0.2, -0.15) is 0 Å². The van der Waals surface area contributed by atoms with E-state index >= 15 is 0 Å². The van der Waals surface area contributed by atoms with Crippen LogP contribution in [0.1, 0.15) is 33.1 Å². The van der Waals surface area contributed by atoms with Gasteiger partial charge in [-0.3, -0.25) is 0 Å². The fraction of sp³-hybridized carbons (Fsp3) is 0.750. The van der Waals surface area contributed by atoms with Gasteiger partial charge < -0.3 is 5.32 Å². The minimum Gasteiger partial charge on any atom is -0.388 e. The van der Waals surface area contributed by atoms with Crippen molar-refractivity contribution >= 4 is 0 Å². The van der Waals surface area contributed by atoms with Crippen LogP contribution in [-0.2, 0) is 0 Å². The molecule has 9 heavy (non-hydrogen) atoms. The van der Waals surface area contributed by atoms with Crippen molar-refractivity contribution in [2.75, 3.05) is 6.54 Å². The van der Waals surface area contributed by atoms with Gasteiger partial charge in [-0.15, -0.1) is 0 Å². The number of rotatable bonds is 1. The lowest BCUT2D eigenvalue weighted by atomic mass is 10.0. The van der Waals surface area contributed by atoms with Gasteiger partial charge in [-0.25, -0.2) is 0 Å². The standard InChI is InChI=1S/C8H15N/c1-3-8-7(2)5-4-6-9-8/h9H,3-6H2,1-2H3. The molecule has 0 aromatic heterocycles. The topological polar surface area (TPSA) is 12.0 Å². The normalized spacial score (nSPS) is 19.8. The van der Waals surface area contributed by atoms with Crippen LogP contribution in [0.15, 0.2) is 11.3 Å². The van der Waals surface area contributed by atoms with Gasteiger partial charge >= 0.3 is 0 Å². The van der Waals surface area contributed by atoms with E-state index in [1.54, 1.807) is 5.57 Å². The third-order valence-corrected chi connectivity index (χ3v) is 1.94. The van der Waals surface area contributed by atoms with Gasteiger partial charge in [0.2, 0.25) is 0 Å². The Hall–Kier alpha value is -0.460. The molecule has 0 aromatic rings. The molecule has 0 spiro atoms. The second kappa shape index (κ2) is 2.90. The molecule has 52 valence electrons. The fourth-order valence-electron chi connectivity index (χ4n) is 1.32. The first-order valence-corrected chi connectivity index (χ1v) is 3.77. The van der Waals surface area contributed by atoms with E-state index in [1.807, 2.05) is 0 Å². The summed E-state index contributed by atoms with van der Waals surface area (Å²) < 4.78 is 0. The van der Waals surface area contributed by atoms with Crippen LogP contribution in [0.3, 0.4) is 0 Å². The van der Waals surface area contributed by atoms with Crippen LogP contribution in [0, 0.1) is 0 Å². The van der Waals surface area contributed by atoms with Crippen molar-refractivity contribution in [1.29, 1.82) is 0 Å². The van der Waals surface area contributed by atoms with Crippen LogP contribution in [0.5, 0.6) is 0 Å². The second-order valence-corrected chi connectivity index (χ2v) is 2.64. The van der Waals surface area contributed by atoms with Crippen LogP contribution < -0.4 is 5.32 Å². The minimum atomic E-state index is 1.17. The molecule has 0 fully saturated rings. The highest BCUT2D eigenvalue weighted by Gasteiger charge is 2.04.